The van der Waals surface area contributed by atoms with Gasteiger partial charge in [-0.2, -0.15) is 0 Å². The summed E-state index contributed by atoms with van der Waals surface area (Å²) in [5.41, 5.74) is 2.68. The maximum atomic E-state index is 5.89. The van der Waals surface area contributed by atoms with Crippen LogP contribution in [0.2, 0.25) is 0 Å². The fourth-order valence-electron chi connectivity index (χ4n) is 3.05. The predicted molar refractivity (Wildman–Crippen MR) is 98.6 cm³/mol. The average molecular weight is 332 g/mol. The Kier molecular flexibility index (Phi) is 7.44. The van der Waals surface area contributed by atoms with Crippen LogP contribution in [0.4, 0.5) is 0 Å². The lowest BCUT2D eigenvalue weighted by Crippen LogP contribution is -2.30. The first-order valence-corrected chi connectivity index (χ1v) is 8.36. The first kappa shape index (κ1) is 17.8. The molecule has 1 fully saturated rings. The summed E-state index contributed by atoms with van der Waals surface area (Å²) in [6, 6.07) is 19.1. The average Bonchev–Trinajstić information content (AvgIpc) is 2.58. The number of hydrogen-bond donors (Lipinski definition) is 1. The van der Waals surface area contributed by atoms with E-state index in [4.69, 9.17) is 4.74 Å². The van der Waals surface area contributed by atoms with Gasteiger partial charge in [-0.25, -0.2) is 0 Å². The lowest BCUT2D eigenvalue weighted by Gasteiger charge is -2.22. The van der Waals surface area contributed by atoms with Crippen molar-refractivity contribution in [2.75, 3.05) is 19.7 Å². The second kappa shape index (κ2) is 9.59. The Morgan fingerprint density at radius 3 is 2.39 bits per heavy atom. The van der Waals surface area contributed by atoms with Crippen LogP contribution in [0.15, 0.2) is 54.6 Å². The van der Waals surface area contributed by atoms with Crippen LogP contribution in [-0.2, 0) is 6.42 Å². The summed E-state index contributed by atoms with van der Waals surface area (Å²) in [6.45, 7) is 3.16. The molecule has 0 bridgehead atoms. The minimum Gasteiger partial charge on any atom is -0.494 e. The number of rotatable bonds is 6. The minimum absolute atomic E-state index is 0. The van der Waals surface area contributed by atoms with E-state index in [0.29, 0.717) is 0 Å². The molecule has 2 aromatic rings. The maximum Gasteiger partial charge on any atom is 0.119 e. The highest BCUT2D eigenvalue weighted by Gasteiger charge is 2.12. The van der Waals surface area contributed by atoms with Crippen molar-refractivity contribution in [3.05, 3.63) is 65.7 Å². The Balaban J connectivity index is 0.00000192. The van der Waals surface area contributed by atoms with Gasteiger partial charge in [-0.1, -0.05) is 42.5 Å². The molecule has 1 unspecified atom stereocenters. The zero-order chi connectivity index (χ0) is 15.0. The molecule has 0 spiro atoms. The van der Waals surface area contributed by atoms with Gasteiger partial charge in [0, 0.05) is 0 Å². The molecule has 3 heteroatoms. The minimum atomic E-state index is 0. The van der Waals surface area contributed by atoms with E-state index in [1.807, 2.05) is 0 Å². The third-order valence-corrected chi connectivity index (χ3v) is 4.37. The van der Waals surface area contributed by atoms with Crippen LogP contribution in [0.5, 0.6) is 5.75 Å². The Hall–Kier alpha value is -1.51. The summed E-state index contributed by atoms with van der Waals surface area (Å²) in [6.07, 6.45) is 4.78. The van der Waals surface area contributed by atoms with Gasteiger partial charge in [-0.05, 0) is 68.0 Å². The summed E-state index contributed by atoms with van der Waals surface area (Å²) >= 11 is 0. The van der Waals surface area contributed by atoms with Gasteiger partial charge in [0.25, 0.3) is 0 Å². The summed E-state index contributed by atoms with van der Waals surface area (Å²) in [5.74, 6) is 1.77. The van der Waals surface area contributed by atoms with Crippen molar-refractivity contribution >= 4 is 12.4 Å². The van der Waals surface area contributed by atoms with E-state index in [1.165, 1.54) is 30.5 Å². The van der Waals surface area contributed by atoms with Crippen molar-refractivity contribution in [1.82, 2.24) is 5.32 Å². The van der Waals surface area contributed by atoms with Gasteiger partial charge >= 0.3 is 0 Å². The molecule has 0 amide bonds. The molecule has 1 atom stereocenters. The molecule has 0 radical (unpaired) electrons. The monoisotopic (exact) mass is 331 g/mol. The molecule has 1 heterocycles. The van der Waals surface area contributed by atoms with Crippen LogP contribution in [-0.4, -0.2) is 19.7 Å². The normalized spacial score (nSPS) is 17.3. The molecule has 1 saturated heterocycles. The van der Waals surface area contributed by atoms with Crippen molar-refractivity contribution in [3.8, 4) is 5.75 Å². The molecule has 2 nitrogen and oxygen atoms in total. The van der Waals surface area contributed by atoms with Gasteiger partial charge in [-0.3, -0.25) is 0 Å². The lowest BCUT2D eigenvalue weighted by atomic mass is 9.97. The van der Waals surface area contributed by atoms with Crippen LogP contribution in [0.25, 0.3) is 0 Å². The largest absolute Gasteiger partial charge is 0.494 e. The third kappa shape index (κ3) is 5.89. The van der Waals surface area contributed by atoms with Crippen molar-refractivity contribution in [2.24, 2.45) is 5.92 Å². The number of benzene rings is 2. The van der Waals surface area contributed by atoms with Crippen LogP contribution in [0, 0.1) is 5.92 Å². The second-order valence-corrected chi connectivity index (χ2v) is 6.16. The zero-order valence-electron chi connectivity index (χ0n) is 13.5. The van der Waals surface area contributed by atoms with E-state index in [9.17, 15) is 0 Å². The Bertz CT molecular complexity index is 550. The summed E-state index contributed by atoms with van der Waals surface area (Å²) in [5, 5.41) is 3.46. The topological polar surface area (TPSA) is 21.3 Å². The van der Waals surface area contributed by atoms with E-state index in [2.05, 4.69) is 59.9 Å². The number of nitrogens with one attached hydrogen (secondary N) is 1. The SMILES string of the molecule is Cl.c1ccc(Cc2ccc(OCCC3CCCNC3)cc2)cc1. The fraction of sp³-hybridized carbons (Fsp3) is 0.400. The summed E-state index contributed by atoms with van der Waals surface area (Å²) in [4.78, 5) is 0. The first-order chi connectivity index (χ1) is 10.9. The molecule has 3 rings (SSSR count). The van der Waals surface area contributed by atoms with E-state index < -0.39 is 0 Å². The summed E-state index contributed by atoms with van der Waals surface area (Å²) in [7, 11) is 0. The van der Waals surface area contributed by atoms with E-state index >= 15 is 0 Å². The first-order valence-electron chi connectivity index (χ1n) is 8.36. The summed E-state index contributed by atoms with van der Waals surface area (Å²) < 4.78 is 5.89. The quantitative estimate of drug-likeness (QED) is 0.843. The molecule has 23 heavy (non-hydrogen) atoms. The van der Waals surface area contributed by atoms with Crippen molar-refractivity contribution in [3.63, 3.8) is 0 Å². The van der Waals surface area contributed by atoms with Gasteiger partial charge in [0.1, 0.15) is 5.75 Å². The maximum absolute atomic E-state index is 5.89. The molecular formula is C20H26ClNO. The molecular weight excluding hydrogens is 306 g/mol. The van der Waals surface area contributed by atoms with Crippen LogP contribution in [0.3, 0.4) is 0 Å². The highest BCUT2D eigenvalue weighted by Crippen LogP contribution is 2.18. The fourth-order valence-corrected chi connectivity index (χ4v) is 3.05. The molecule has 0 saturated carbocycles. The number of ether oxygens (including phenoxy) is 1. The highest BCUT2D eigenvalue weighted by molar-refractivity contribution is 5.85. The molecule has 0 aromatic heterocycles. The smallest absolute Gasteiger partial charge is 0.119 e. The Morgan fingerprint density at radius 1 is 0.957 bits per heavy atom. The van der Waals surface area contributed by atoms with Crippen LogP contribution in [0.1, 0.15) is 30.4 Å². The molecule has 1 N–H and O–H groups in total. The molecule has 1 aliphatic rings. The molecule has 2 aromatic carbocycles. The number of piperidine rings is 1. The predicted octanol–water partition coefficient (Wildman–Crippen LogP) is 4.47. The van der Waals surface area contributed by atoms with E-state index in [0.717, 1.165) is 37.7 Å². The third-order valence-electron chi connectivity index (χ3n) is 4.37. The molecule has 0 aliphatic carbocycles. The van der Waals surface area contributed by atoms with Gasteiger partial charge < -0.3 is 10.1 Å². The van der Waals surface area contributed by atoms with Gasteiger partial charge in [0.2, 0.25) is 0 Å². The number of halogens is 1. The Morgan fingerprint density at radius 2 is 1.70 bits per heavy atom. The van der Waals surface area contributed by atoms with E-state index in [1.54, 1.807) is 0 Å². The van der Waals surface area contributed by atoms with Gasteiger partial charge in [-0.15, -0.1) is 12.4 Å². The molecule has 1 aliphatic heterocycles. The zero-order valence-corrected chi connectivity index (χ0v) is 14.4. The Labute approximate surface area is 145 Å². The van der Waals surface area contributed by atoms with Crippen molar-refractivity contribution in [2.45, 2.75) is 25.7 Å². The van der Waals surface area contributed by atoms with Gasteiger partial charge in [0.15, 0.2) is 0 Å². The van der Waals surface area contributed by atoms with Crippen LogP contribution >= 0.6 is 12.4 Å². The second-order valence-electron chi connectivity index (χ2n) is 6.16. The van der Waals surface area contributed by atoms with Crippen molar-refractivity contribution in [1.29, 1.82) is 0 Å². The standard InChI is InChI=1S/C20H25NO.ClH/c1-2-5-17(6-3-1)15-18-8-10-20(11-9-18)22-14-12-19-7-4-13-21-16-19;/h1-3,5-6,8-11,19,21H,4,7,12-16H2;1H. The van der Waals surface area contributed by atoms with Gasteiger partial charge in [0.05, 0.1) is 6.61 Å². The van der Waals surface area contributed by atoms with E-state index in [-0.39, 0.29) is 12.4 Å². The lowest BCUT2D eigenvalue weighted by molar-refractivity contribution is 0.254. The van der Waals surface area contributed by atoms with Crippen LogP contribution < -0.4 is 10.1 Å². The van der Waals surface area contributed by atoms with Crippen molar-refractivity contribution < 1.29 is 4.74 Å². The number of hydrogen-bond acceptors (Lipinski definition) is 2. The highest BCUT2D eigenvalue weighted by atomic mass is 35.5. The molecule has 124 valence electrons.